The Kier molecular flexibility index (Phi) is 6.75. The number of piperazine rings is 1. The van der Waals surface area contributed by atoms with Crippen LogP contribution in [0.25, 0.3) is 0 Å². The highest BCUT2D eigenvalue weighted by molar-refractivity contribution is 5.82. The van der Waals surface area contributed by atoms with Crippen molar-refractivity contribution < 1.29 is 14.3 Å². The Bertz CT molecular complexity index is 1170. The molecule has 3 heterocycles. The number of aromatic nitrogens is 1. The molecule has 2 aliphatic rings. The van der Waals surface area contributed by atoms with E-state index >= 15 is 0 Å². The van der Waals surface area contributed by atoms with E-state index in [4.69, 9.17) is 9.47 Å². The van der Waals surface area contributed by atoms with E-state index in [0.29, 0.717) is 13.0 Å². The van der Waals surface area contributed by atoms with Crippen LogP contribution in [0.2, 0.25) is 0 Å². The predicted octanol–water partition coefficient (Wildman–Crippen LogP) is 3.33. The fourth-order valence-corrected chi connectivity index (χ4v) is 5.31. The summed E-state index contributed by atoms with van der Waals surface area (Å²) >= 11 is 0. The number of pyridine rings is 1. The number of carbonyl (C=O) groups is 1. The third-order valence-corrected chi connectivity index (χ3v) is 7.09. The standard InChI is InChI=1S/C28H32N4O3/c1-34-22-11-10-20-17-23(28(33)30-14-12-21-7-5-6-13-29-21)26-19-31(15-16-32(26)25(20)18-22)24-8-3-4-9-27(24)35-2/h3-11,13,18,23,26H,12,14-17,19H2,1-2H3,(H,30,33). The first-order valence-corrected chi connectivity index (χ1v) is 12.2. The molecule has 2 atom stereocenters. The molecule has 0 bridgehead atoms. The third-order valence-electron chi connectivity index (χ3n) is 7.09. The lowest BCUT2D eigenvalue weighted by atomic mass is 9.83. The number of ether oxygens (including phenoxy) is 2. The summed E-state index contributed by atoms with van der Waals surface area (Å²) in [5.74, 6) is 1.64. The minimum Gasteiger partial charge on any atom is -0.497 e. The Labute approximate surface area is 206 Å². The average Bonchev–Trinajstić information content (AvgIpc) is 2.92. The number of nitrogens with zero attached hydrogens (tertiary/aromatic N) is 3. The molecule has 2 aromatic carbocycles. The Morgan fingerprint density at radius 1 is 1.03 bits per heavy atom. The van der Waals surface area contributed by atoms with Crippen LogP contribution >= 0.6 is 0 Å². The van der Waals surface area contributed by atoms with Crippen LogP contribution in [0, 0.1) is 5.92 Å². The first-order valence-electron chi connectivity index (χ1n) is 12.2. The lowest BCUT2D eigenvalue weighted by Gasteiger charge is -2.49. The molecular formula is C28H32N4O3. The minimum atomic E-state index is -0.155. The first-order chi connectivity index (χ1) is 17.2. The lowest BCUT2D eigenvalue weighted by molar-refractivity contribution is -0.125. The zero-order chi connectivity index (χ0) is 24.2. The van der Waals surface area contributed by atoms with E-state index in [2.05, 4.69) is 38.3 Å². The molecule has 7 nitrogen and oxygen atoms in total. The molecule has 0 spiro atoms. The number of para-hydroxylation sites is 2. The molecular weight excluding hydrogens is 440 g/mol. The van der Waals surface area contributed by atoms with Crippen LogP contribution in [0.15, 0.2) is 66.9 Å². The number of rotatable bonds is 7. The van der Waals surface area contributed by atoms with Crippen molar-refractivity contribution in [2.45, 2.75) is 18.9 Å². The van der Waals surface area contributed by atoms with Crippen LogP contribution in [0.5, 0.6) is 11.5 Å². The molecule has 1 amide bonds. The van der Waals surface area contributed by atoms with Crippen molar-refractivity contribution in [2.75, 3.05) is 50.2 Å². The van der Waals surface area contributed by atoms with Gasteiger partial charge in [0.2, 0.25) is 5.91 Å². The van der Waals surface area contributed by atoms with Gasteiger partial charge in [-0.15, -0.1) is 0 Å². The van der Waals surface area contributed by atoms with E-state index in [1.807, 2.05) is 42.5 Å². The van der Waals surface area contributed by atoms with Gasteiger partial charge in [0.25, 0.3) is 0 Å². The Morgan fingerprint density at radius 2 is 1.89 bits per heavy atom. The second-order valence-corrected chi connectivity index (χ2v) is 9.05. The fraction of sp³-hybridized carbons (Fsp3) is 0.357. The van der Waals surface area contributed by atoms with E-state index in [1.165, 1.54) is 11.3 Å². The normalized spacial score (nSPS) is 18.9. The maximum absolute atomic E-state index is 13.5. The second kappa shape index (κ2) is 10.3. The molecule has 0 saturated carbocycles. The zero-order valence-corrected chi connectivity index (χ0v) is 20.3. The number of nitrogens with one attached hydrogen (secondary N) is 1. The Hall–Kier alpha value is -3.74. The van der Waals surface area contributed by atoms with Crippen molar-refractivity contribution in [2.24, 2.45) is 5.92 Å². The van der Waals surface area contributed by atoms with Crippen LogP contribution in [0.4, 0.5) is 11.4 Å². The van der Waals surface area contributed by atoms with Crippen LogP contribution in [0.3, 0.4) is 0 Å². The predicted molar refractivity (Wildman–Crippen MR) is 137 cm³/mol. The summed E-state index contributed by atoms with van der Waals surface area (Å²) in [5.41, 5.74) is 4.42. The Morgan fingerprint density at radius 3 is 2.69 bits per heavy atom. The highest BCUT2D eigenvalue weighted by Gasteiger charge is 2.42. The second-order valence-electron chi connectivity index (χ2n) is 9.05. The number of amides is 1. The average molecular weight is 473 g/mol. The largest absolute Gasteiger partial charge is 0.497 e. The van der Waals surface area contributed by atoms with Gasteiger partial charge in [-0.05, 0) is 42.3 Å². The molecule has 0 aliphatic carbocycles. The molecule has 1 fully saturated rings. The molecule has 1 N–H and O–H groups in total. The molecule has 1 saturated heterocycles. The van der Waals surface area contributed by atoms with Crippen LogP contribution < -0.4 is 24.6 Å². The number of hydrogen-bond donors (Lipinski definition) is 1. The molecule has 5 rings (SSSR count). The van der Waals surface area contributed by atoms with Gasteiger partial charge in [0.15, 0.2) is 0 Å². The molecule has 0 radical (unpaired) electrons. The van der Waals surface area contributed by atoms with E-state index in [9.17, 15) is 4.79 Å². The quantitative estimate of drug-likeness (QED) is 0.569. The fourth-order valence-electron chi connectivity index (χ4n) is 5.31. The molecule has 182 valence electrons. The monoisotopic (exact) mass is 472 g/mol. The summed E-state index contributed by atoms with van der Waals surface area (Å²) in [6, 6.07) is 20.2. The highest BCUT2D eigenvalue weighted by atomic mass is 16.5. The topological polar surface area (TPSA) is 66.9 Å². The van der Waals surface area contributed by atoms with Crippen molar-refractivity contribution in [1.82, 2.24) is 10.3 Å². The Balaban J connectivity index is 1.39. The number of anilines is 2. The van der Waals surface area contributed by atoms with Crippen LogP contribution in [-0.2, 0) is 17.6 Å². The van der Waals surface area contributed by atoms with Gasteiger partial charge in [0.05, 0.1) is 31.9 Å². The molecule has 3 aromatic rings. The summed E-state index contributed by atoms with van der Waals surface area (Å²) in [6.07, 6.45) is 3.21. The van der Waals surface area contributed by atoms with Crippen molar-refractivity contribution in [1.29, 1.82) is 0 Å². The van der Waals surface area contributed by atoms with Gasteiger partial charge < -0.3 is 24.6 Å². The van der Waals surface area contributed by atoms with Gasteiger partial charge in [-0.25, -0.2) is 0 Å². The first kappa shape index (κ1) is 23.0. The van der Waals surface area contributed by atoms with Crippen LogP contribution in [0.1, 0.15) is 11.3 Å². The summed E-state index contributed by atoms with van der Waals surface area (Å²) in [5, 5.41) is 3.19. The van der Waals surface area contributed by atoms with Crippen molar-refractivity contribution in [3.05, 3.63) is 78.1 Å². The summed E-state index contributed by atoms with van der Waals surface area (Å²) in [7, 11) is 3.40. The summed E-state index contributed by atoms with van der Waals surface area (Å²) < 4.78 is 11.1. The number of benzene rings is 2. The van der Waals surface area contributed by atoms with Crippen molar-refractivity contribution in [3.63, 3.8) is 0 Å². The van der Waals surface area contributed by atoms with Gasteiger partial charge >= 0.3 is 0 Å². The maximum Gasteiger partial charge on any atom is 0.225 e. The van der Waals surface area contributed by atoms with Crippen molar-refractivity contribution >= 4 is 17.3 Å². The number of fused-ring (bicyclic) bond motifs is 3. The van der Waals surface area contributed by atoms with Gasteiger partial charge in [0, 0.05) is 56.2 Å². The SMILES string of the molecule is COc1ccc2c(c1)N1CCN(c3ccccc3OC)CC1C(C(=O)NCCc1ccccn1)C2. The highest BCUT2D eigenvalue weighted by Crippen LogP contribution is 2.40. The van der Waals surface area contributed by atoms with Gasteiger partial charge in [-0.2, -0.15) is 0 Å². The zero-order valence-electron chi connectivity index (χ0n) is 20.3. The number of methoxy groups -OCH3 is 2. The number of hydrogen-bond acceptors (Lipinski definition) is 6. The maximum atomic E-state index is 13.5. The molecule has 1 aromatic heterocycles. The van der Waals surface area contributed by atoms with Crippen LogP contribution in [-0.4, -0.2) is 57.3 Å². The molecule has 35 heavy (non-hydrogen) atoms. The van der Waals surface area contributed by atoms with E-state index < -0.39 is 0 Å². The van der Waals surface area contributed by atoms with Gasteiger partial charge in [-0.3, -0.25) is 9.78 Å². The van der Waals surface area contributed by atoms with E-state index in [0.717, 1.165) is 48.9 Å². The number of carbonyl (C=O) groups excluding carboxylic acids is 1. The van der Waals surface area contributed by atoms with E-state index in [-0.39, 0.29) is 17.9 Å². The van der Waals surface area contributed by atoms with Gasteiger partial charge in [0.1, 0.15) is 11.5 Å². The van der Waals surface area contributed by atoms with E-state index in [1.54, 1.807) is 20.4 Å². The van der Waals surface area contributed by atoms with Crippen molar-refractivity contribution in [3.8, 4) is 11.5 Å². The summed E-state index contributed by atoms with van der Waals surface area (Å²) in [4.78, 5) is 22.6. The molecule has 2 aliphatic heterocycles. The third kappa shape index (κ3) is 4.76. The smallest absolute Gasteiger partial charge is 0.225 e. The van der Waals surface area contributed by atoms with Gasteiger partial charge in [-0.1, -0.05) is 24.3 Å². The lowest BCUT2D eigenvalue weighted by Crippen LogP contribution is -2.61. The molecule has 2 unspecified atom stereocenters. The molecule has 7 heteroatoms. The minimum absolute atomic E-state index is 0.0446. The summed E-state index contributed by atoms with van der Waals surface area (Å²) in [6.45, 7) is 2.99.